The van der Waals surface area contributed by atoms with Crippen LogP contribution in [0, 0.1) is 0 Å². The smallest absolute Gasteiger partial charge is 0.275 e. The summed E-state index contributed by atoms with van der Waals surface area (Å²) in [5.41, 5.74) is 3.22. The lowest BCUT2D eigenvalue weighted by atomic mass is 10.1. The molecule has 4 rings (SSSR count). The van der Waals surface area contributed by atoms with Crippen molar-refractivity contribution < 1.29 is 9.53 Å². The minimum Gasteiger partial charge on any atom is -0.493 e. The summed E-state index contributed by atoms with van der Waals surface area (Å²) in [6, 6.07) is 13.1. The Hall–Kier alpha value is -2.37. The zero-order chi connectivity index (χ0) is 16.5. The van der Waals surface area contributed by atoms with E-state index in [0.717, 1.165) is 34.0 Å². The van der Waals surface area contributed by atoms with E-state index in [2.05, 4.69) is 10.3 Å². The molecule has 1 aromatic heterocycles. The van der Waals surface area contributed by atoms with Gasteiger partial charge in [0.25, 0.3) is 5.91 Å². The molecule has 0 unspecified atom stereocenters. The third-order valence-corrected chi connectivity index (χ3v) is 4.92. The SMILES string of the molecule is O=C(Nc1ccc2c(c1)CCO2)c1csc(-c2ccc(Cl)cc2)n1. The second kappa shape index (κ2) is 6.26. The van der Waals surface area contributed by atoms with Crippen molar-refractivity contribution in [2.24, 2.45) is 0 Å². The number of halogens is 1. The van der Waals surface area contributed by atoms with E-state index >= 15 is 0 Å². The first kappa shape index (κ1) is 15.2. The fourth-order valence-electron chi connectivity index (χ4n) is 2.56. The van der Waals surface area contributed by atoms with Gasteiger partial charge in [-0.05, 0) is 35.9 Å². The molecule has 0 aliphatic carbocycles. The number of amides is 1. The third-order valence-electron chi connectivity index (χ3n) is 3.78. The van der Waals surface area contributed by atoms with Crippen molar-refractivity contribution in [2.45, 2.75) is 6.42 Å². The second-order valence-corrected chi connectivity index (χ2v) is 6.71. The molecule has 4 nitrogen and oxygen atoms in total. The van der Waals surface area contributed by atoms with Crippen molar-refractivity contribution in [3.8, 4) is 16.3 Å². The number of aromatic nitrogens is 1. The average molecular weight is 357 g/mol. The summed E-state index contributed by atoms with van der Waals surface area (Å²) in [6.07, 6.45) is 0.871. The van der Waals surface area contributed by atoms with Gasteiger partial charge in [0.15, 0.2) is 0 Å². The molecule has 2 aromatic carbocycles. The van der Waals surface area contributed by atoms with Crippen LogP contribution in [-0.2, 0) is 6.42 Å². The van der Waals surface area contributed by atoms with Crippen molar-refractivity contribution in [1.82, 2.24) is 4.98 Å². The number of hydrogen-bond acceptors (Lipinski definition) is 4. The molecule has 0 bridgehead atoms. The van der Waals surface area contributed by atoms with Gasteiger partial charge in [-0.1, -0.05) is 23.7 Å². The van der Waals surface area contributed by atoms with Crippen LogP contribution in [0.1, 0.15) is 16.1 Å². The molecule has 1 N–H and O–H groups in total. The number of anilines is 1. The number of thiazole rings is 1. The highest BCUT2D eigenvalue weighted by atomic mass is 35.5. The first-order chi connectivity index (χ1) is 11.7. The van der Waals surface area contributed by atoms with Gasteiger partial charge in [0, 0.05) is 28.1 Å². The van der Waals surface area contributed by atoms with Crippen molar-refractivity contribution in [1.29, 1.82) is 0 Å². The largest absolute Gasteiger partial charge is 0.493 e. The number of carbonyl (C=O) groups is 1. The van der Waals surface area contributed by atoms with Crippen LogP contribution in [0.25, 0.3) is 10.6 Å². The lowest BCUT2D eigenvalue weighted by molar-refractivity contribution is 0.102. The fourth-order valence-corrected chi connectivity index (χ4v) is 3.49. The number of ether oxygens (including phenoxy) is 1. The Morgan fingerprint density at radius 2 is 2.04 bits per heavy atom. The van der Waals surface area contributed by atoms with Crippen LogP contribution in [0.15, 0.2) is 47.8 Å². The topological polar surface area (TPSA) is 51.2 Å². The van der Waals surface area contributed by atoms with Gasteiger partial charge in [-0.2, -0.15) is 0 Å². The molecule has 0 radical (unpaired) electrons. The Bertz CT molecular complexity index is 906. The molecule has 0 saturated carbocycles. The monoisotopic (exact) mass is 356 g/mol. The number of rotatable bonds is 3. The molecule has 1 aliphatic rings. The van der Waals surface area contributed by atoms with Gasteiger partial charge in [-0.15, -0.1) is 11.3 Å². The summed E-state index contributed by atoms with van der Waals surface area (Å²) in [5.74, 6) is 0.678. The van der Waals surface area contributed by atoms with Gasteiger partial charge in [0.2, 0.25) is 0 Å². The summed E-state index contributed by atoms with van der Waals surface area (Å²) < 4.78 is 5.47. The first-order valence-corrected chi connectivity index (χ1v) is 8.73. The molecule has 1 amide bonds. The minimum atomic E-state index is -0.217. The summed E-state index contributed by atoms with van der Waals surface area (Å²) in [4.78, 5) is 16.8. The van der Waals surface area contributed by atoms with E-state index in [1.807, 2.05) is 42.5 Å². The van der Waals surface area contributed by atoms with Crippen molar-refractivity contribution in [3.63, 3.8) is 0 Å². The molecular weight excluding hydrogens is 344 g/mol. The molecule has 0 spiro atoms. The highest BCUT2D eigenvalue weighted by Crippen LogP contribution is 2.29. The standard InChI is InChI=1S/C18H13ClN2O2S/c19-13-3-1-11(2-4-13)18-21-15(10-24-18)17(22)20-14-5-6-16-12(9-14)7-8-23-16/h1-6,9-10H,7-8H2,(H,20,22). The van der Waals surface area contributed by atoms with Crippen LogP contribution in [-0.4, -0.2) is 17.5 Å². The lowest BCUT2D eigenvalue weighted by Crippen LogP contribution is -2.12. The van der Waals surface area contributed by atoms with Gasteiger partial charge in [0.05, 0.1) is 6.61 Å². The van der Waals surface area contributed by atoms with E-state index in [4.69, 9.17) is 16.3 Å². The molecule has 2 heterocycles. The number of fused-ring (bicyclic) bond motifs is 1. The van der Waals surface area contributed by atoms with Gasteiger partial charge in [0.1, 0.15) is 16.5 Å². The molecule has 0 atom stereocenters. The van der Waals surface area contributed by atoms with Crippen LogP contribution < -0.4 is 10.1 Å². The summed E-state index contributed by atoms with van der Waals surface area (Å²) >= 11 is 7.33. The van der Waals surface area contributed by atoms with Crippen molar-refractivity contribution in [3.05, 3.63) is 64.1 Å². The number of benzene rings is 2. The second-order valence-electron chi connectivity index (χ2n) is 5.42. The van der Waals surface area contributed by atoms with E-state index in [9.17, 15) is 4.79 Å². The maximum atomic E-state index is 12.4. The van der Waals surface area contributed by atoms with Crippen LogP contribution in [0.4, 0.5) is 5.69 Å². The van der Waals surface area contributed by atoms with Crippen LogP contribution in [0.2, 0.25) is 5.02 Å². The highest BCUT2D eigenvalue weighted by Gasteiger charge is 2.15. The summed E-state index contributed by atoms with van der Waals surface area (Å²) in [6.45, 7) is 0.698. The van der Waals surface area contributed by atoms with Gasteiger partial charge >= 0.3 is 0 Å². The molecule has 1 aliphatic heterocycles. The quantitative estimate of drug-likeness (QED) is 0.743. The summed E-state index contributed by atoms with van der Waals surface area (Å²) in [5, 5.41) is 6.12. The minimum absolute atomic E-state index is 0.217. The normalized spacial score (nSPS) is 12.5. The Balaban J connectivity index is 1.52. The summed E-state index contributed by atoms with van der Waals surface area (Å²) in [7, 11) is 0. The Labute approximate surface area is 148 Å². The van der Waals surface area contributed by atoms with Crippen LogP contribution in [0.5, 0.6) is 5.75 Å². The molecule has 6 heteroatoms. The van der Waals surface area contributed by atoms with Gasteiger partial charge in [-0.25, -0.2) is 4.98 Å². The van der Waals surface area contributed by atoms with E-state index in [0.29, 0.717) is 17.3 Å². The van der Waals surface area contributed by atoms with Crippen LogP contribution in [0.3, 0.4) is 0 Å². The number of hydrogen-bond donors (Lipinski definition) is 1. The number of carbonyl (C=O) groups excluding carboxylic acids is 1. The predicted octanol–water partition coefficient (Wildman–Crippen LogP) is 4.65. The average Bonchev–Trinajstić information content (AvgIpc) is 3.24. The maximum absolute atomic E-state index is 12.4. The zero-order valence-electron chi connectivity index (χ0n) is 12.6. The zero-order valence-corrected chi connectivity index (χ0v) is 14.2. The highest BCUT2D eigenvalue weighted by molar-refractivity contribution is 7.13. The first-order valence-electron chi connectivity index (χ1n) is 7.47. The molecular formula is C18H13ClN2O2S. The van der Waals surface area contributed by atoms with E-state index in [1.54, 1.807) is 5.38 Å². The van der Waals surface area contributed by atoms with Gasteiger partial charge < -0.3 is 10.1 Å². The van der Waals surface area contributed by atoms with Gasteiger partial charge in [-0.3, -0.25) is 4.79 Å². The number of nitrogens with one attached hydrogen (secondary N) is 1. The third kappa shape index (κ3) is 3.00. The molecule has 0 saturated heterocycles. The molecule has 120 valence electrons. The fraction of sp³-hybridized carbons (Fsp3) is 0.111. The maximum Gasteiger partial charge on any atom is 0.275 e. The molecule has 24 heavy (non-hydrogen) atoms. The van der Waals surface area contributed by atoms with Crippen molar-refractivity contribution >= 4 is 34.5 Å². The molecule has 0 fully saturated rings. The predicted molar refractivity (Wildman–Crippen MR) is 96.2 cm³/mol. The Morgan fingerprint density at radius 3 is 2.88 bits per heavy atom. The van der Waals surface area contributed by atoms with Crippen LogP contribution >= 0.6 is 22.9 Å². The van der Waals surface area contributed by atoms with E-state index in [1.165, 1.54) is 11.3 Å². The van der Waals surface area contributed by atoms with E-state index in [-0.39, 0.29) is 5.91 Å². The Morgan fingerprint density at radius 1 is 1.21 bits per heavy atom. The lowest BCUT2D eigenvalue weighted by Gasteiger charge is -2.05. The number of nitrogens with zero attached hydrogens (tertiary/aromatic N) is 1. The van der Waals surface area contributed by atoms with E-state index < -0.39 is 0 Å². The Kier molecular flexibility index (Phi) is 3.96. The van der Waals surface area contributed by atoms with Crippen molar-refractivity contribution in [2.75, 3.05) is 11.9 Å². The molecule has 3 aromatic rings.